The lowest BCUT2D eigenvalue weighted by molar-refractivity contribution is 0.751. The zero-order valence-electron chi connectivity index (χ0n) is 10.7. The van der Waals surface area contributed by atoms with Gasteiger partial charge in [0.15, 0.2) is 5.16 Å². The van der Waals surface area contributed by atoms with Crippen LogP contribution in [0.4, 0.5) is 0 Å². The highest BCUT2D eigenvalue weighted by Gasteiger charge is 2.16. The van der Waals surface area contributed by atoms with Crippen LogP contribution in [0.25, 0.3) is 0 Å². The lowest BCUT2D eigenvalue weighted by Crippen LogP contribution is -2.06. The molecule has 96 valence electrons. The summed E-state index contributed by atoms with van der Waals surface area (Å²) >= 11 is 1.72. The third kappa shape index (κ3) is 2.91. The first-order valence-corrected chi connectivity index (χ1v) is 6.88. The Balaban J connectivity index is 2.19. The molecule has 1 atom stereocenters. The fraction of sp³-hybridized carbons (Fsp3) is 0.385. The first-order valence-electron chi connectivity index (χ1n) is 6.00. The van der Waals surface area contributed by atoms with Crippen molar-refractivity contribution in [1.82, 2.24) is 14.8 Å². The average molecular weight is 262 g/mol. The van der Waals surface area contributed by atoms with E-state index in [0.717, 1.165) is 17.4 Å². The van der Waals surface area contributed by atoms with Gasteiger partial charge in [-0.1, -0.05) is 42.1 Å². The number of hydrogen-bond acceptors (Lipinski definition) is 4. The number of nitrogens with zero attached hydrogens (tertiary/aromatic N) is 3. The van der Waals surface area contributed by atoms with Gasteiger partial charge in [0.25, 0.3) is 0 Å². The lowest BCUT2D eigenvalue weighted by Gasteiger charge is -2.15. The van der Waals surface area contributed by atoms with Gasteiger partial charge in [-0.25, -0.2) is 0 Å². The van der Waals surface area contributed by atoms with E-state index in [2.05, 4.69) is 34.5 Å². The quantitative estimate of drug-likeness (QED) is 0.840. The van der Waals surface area contributed by atoms with Crippen molar-refractivity contribution in [2.24, 2.45) is 12.8 Å². The maximum atomic E-state index is 5.71. The van der Waals surface area contributed by atoms with E-state index in [1.165, 1.54) is 5.56 Å². The molecular formula is C13H18N4S. The molecule has 0 fully saturated rings. The van der Waals surface area contributed by atoms with Crippen LogP contribution in [0.5, 0.6) is 0 Å². The maximum Gasteiger partial charge on any atom is 0.191 e. The number of thioether (sulfide) groups is 1. The van der Waals surface area contributed by atoms with E-state index in [1.54, 1.807) is 11.8 Å². The first kappa shape index (κ1) is 13.1. The summed E-state index contributed by atoms with van der Waals surface area (Å²) < 4.78 is 2.01. The smallest absolute Gasteiger partial charge is 0.191 e. The van der Waals surface area contributed by atoms with Crippen LogP contribution in [0.1, 0.15) is 23.1 Å². The second-order valence-corrected chi connectivity index (χ2v) is 5.35. The Morgan fingerprint density at radius 2 is 2.00 bits per heavy atom. The van der Waals surface area contributed by atoms with Crippen LogP contribution in [0.3, 0.4) is 0 Å². The second kappa shape index (κ2) is 6.02. The summed E-state index contributed by atoms with van der Waals surface area (Å²) in [4.78, 5) is 0. The minimum atomic E-state index is 0.332. The van der Waals surface area contributed by atoms with Crippen LogP contribution in [0.2, 0.25) is 0 Å². The largest absolute Gasteiger partial charge is 0.330 e. The topological polar surface area (TPSA) is 56.7 Å². The minimum absolute atomic E-state index is 0.332. The van der Waals surface area contributed by atoms with Crippen molar-refractivity contribution in [3.63, 3.8) is 0 Å². The first-order chi connectivity index (χ1) is 8.72. The fourth-order valence-corrected chi connectivity index (χ4v) is 2.91. The molecule has 0 amide bonds. The van der Waals surface area contributed by atoms with Crippen molar-refractivity contribution in [2.75, 3.05) is 6.54 Å². The highest BCUT2D eigenvalue weighted by Crippen LogP contribution is 2.36. The van der Waals surface area contributed by atoms with E-state index in [-0.39, 0.29) is 0 Å². The molecule has 1 heterocycles. The van der Waals surface area contributed by atoms with Crippen molar-refractivity contribution in [1.29, 1.82) is 0 Å². The zero-order chi connectivity index (χ0) is 13.0. The van der Waals surface area contributed by atoms with Gasteiger partial charge < -0.3 is 10.3 Å². The van der Waals surface area contributed by atoms with Crippen molar-refractivity contribution in [2.45, 2.75) is 23.8 Å². The molecule has 0 saturated carbocycles. The molecule has 0 bridgehead atoms. The number of aryl methyl sites for hydroxylation is 1. The Morgan fingerprint density at radius 1 is 1.28 bits per heavy atom. The third-order valence-electron chi connectivity index (χ3n) is 2.90. The fourth-order valence-electron chi connectivity index (χ4n) is 1.73. The lowest BCUT2D eigenvalue weighted by atomic mass is 10.1. The predicted molar refractivity (Wildman–Crippen MR) is 74.5 cm³/mol. The molecule has 5 heteroatoms. The SMILES string of the molecule is Cc1nnc(SC(CCN)c2ccccc2)n1C. The van der Waals surface area contributed by atoms with E-state index >= 15 is 0 Å². The average Bonchev–Trinajstić information content (AvgIpc) is 2.71. The molecule has 4 nitrogen and oxygen atoms in total. The molecule has 0 aliphatic carbocycles. The van der Waals surface area contributed by atoms with Crippen LogP contribution in [-0.4, -0.2) is 21.3 Å². The molecule has 2 N–H and O–H groups in total. The normalized spacial score (nSPS) is 12.6. The van der Waals surface area contributed by atoms with Gasteiger partial charge in [0.1, 0.15) is 5.82 Å². The van der Waals surface area contributed by atoms with Crippen LogP contribution in [-0.2, 0) is 7.05 Å². The van der Waals surface area contributed by atoms with Gasteiger partial charge in [0, 0.05) is 12.3 Å². The molecule has 1 aromatic heterocycles. The Hall–Kier alpha value is -1.33. The summed E-state index contributed by atoms with van der Waals surface area (Å²) in [6.45, 7) is 2.63. The molecule has 0 aliphatic rings. The van der Waals surface area contributed by atoms with Crippen LogP contribution >= 0.6 is 11.8 Å². The number of nitrogens with two attached hydrogens (primary N) is 1. The van der Waals surface area contributed by atoms with Gasteiger partial charge in [-0.15, -0.1) is 10.2 Å². The van der Waals surface area contributed by atoms with E-state index in [9.17, 15) is 0 Å². The van der Waals surface area contributed by atoms with Crippen molar-refractivity contribution >= 4 is 11.8 Å². The molecule has 2 rings (SSSR count). The summed E-state index contributed by atoms with van der Waals surface area (Å²) in [7, 11) is 1.99. The number of aromatic nitrogens is 3. The Labute approximate surface area is 112 Å². The monoisotopic (exact) mass is 262 g/mol. The Kier molecular flexibility index (Phi) is 4.38. The molecule has 1 aromatic carbocycles. The summed E-state index contributed by atoms with van der Waals surface area (Å²) in [5.74, 6) is 0.928. The Bertz CT molecular complexity index is 495. The predicted octanol–water partition coefficient (Wildman–Crippen LogP) is 2.31. The van der Waals surface area contributed by atoms with Gasteiger partial charge >= 0.3 is 0 Å². The molecule has 0 aliphatic heterocycles. The van der Waals surface area contributed by atoms with Gasteiger partial charge in [-0.2, -0.15) is 0 Å². The summed E-state index contributed by atoms with van der Waals surface area (Å²) in [6.07, 6.45) is 0.931. The summed E-state index contributed by atoms with van der Waals surface area (Å²) in [5, 5.41) is 9.55. The van der Waals surface area contributed by atoms with E-state index in [1.807, 2.05) is 24.6 Å². The van der Waals surface area contributed by atoms with Gasteiger partial charge in [-0.05, 0) is 25.5 Å². The van der Waals surface area contributed by atoms with Crippen molar-refractivity contribution in [3.8, 4) is 0 Å². The van der Waals surface area contributed by atoms with Crippen LogP contribution in [0.15, 0.2) is 35.5 Å². The molecule has 0 saturated heterocycles. The van der Waals surface area contributed by atoms with E-state index in [0.29, 0.717) is 11.8 Å². The molecular weight excluding hydrogens is 244 g/mol. The highest BCUT2D eigenvalue weighted by atomic mass is 32.2. The number of rotatable bonds is 5. The minimum Gasteiger partial charge on any atom is -0.330 e. The molecule has 2 aromatic rings. The summed E-state index contributed by atoms with van der Waals surface area (Å²) in [5.41, 5.74) is 6.99. The van der Waals surface area contributed by atoms with Gasteiger partial charge in [-0.3, -0.25) is 0 Å². The van der Waals surface area contributed by atoms with Crippen LogP contribution in [0, 0.1) is 6.92 Å². The van der Waals surface area contributed by atoms with E-state index in [4.69, 9.17) is 5.73 Å². The van der Waals surface area contributed by atoms with Gasteiger partial charge in [0.2, 0.25) is 0 Å². The Morgan fingerprint density at radius 3 is 2.56 bits per heavy atom. The zero-order valence-corrected chi connectivity index (χ0v) is 11.5. The van der Waals surface area contributed by atoms with Crippen molar-refractivity contribution in [3.05, 3.63) is 41.7 Å². The number of hydrogen-bond donors (Lipinski definition) is 1. The highest BCUT2D eigenvalue weighted by molar-refractivity contribution is 7.99. The van der Waals surface area contributed by atoms with E-state index < -0.39 is 0 Å². The number of benzene rings is 1. The molecule has 1 unspecified atom stereocenters. The maximum absolute atomic E-state index is 5.71. The third-order valence-corrected chi connectivity index (χ3v) is 4.26. The van der Waals surface area contributed by atoms with Gasteiger partial charge in [0.05, 0.1) is 0 Å². The second-order valence-electron chi connectivity index (χ2n) is 4.18. The molecule has 18 heavy (non-hydrogen) atoms. The molecule has 0 spiro atoms. The summed E-state index contributed by atoms with van der Waals surface area (Å²) in [6, 6.07) is 10.4. The van der Waals surface area contributed by atoms with Crippen LogP contribution < -0.4 is 5.73 Å². The molecule has 0 radical (unpaired) electrons. The van der Waals surface area contributed by atoms with Crippen molar-refractivity contribution < 1.29 is 0 Å². The standard InChI is InChI=1S/C13H18N4S/c1-10-15-16-13(17(10)2)18-12(8-9-14)11-6-4-3-5-7-11/h3-7,12H,8-9,14H2,1-2H3.